The maximum atomic E-state index is 13.7. The zero-order valence-corrected chi connectivity index (χ0v) is 18.8. The molecule has 0 aliphatic carbocycles. The van der Waals surface area contributed by atoms with Crippen LogP contribution < -0.4 is 0 Å². The van der Waals surface area contributed by atoms with Crippen molar-refractivity contribution < 1.29 is 9.59 Å². The van der Waals surface area contributed by atoms with Crippen molar-refractivity contribution in [3.05, 3.63) is 52.5 Å². The van der Waals surface area contributed by atoms with Gasteiger partial charge < -0.3 is 9.80 Å². The third kappa shape index (κ3) is 4.13. The zero-order valence-electron chi connectivity index (χ0n) is 18.0. The van der Waals surface area contributed by atoms with E-state index in [9.17, 15) is 9.59 Å². The number of amides is 2. The molecule has 0 N–H and O–H groups in total. The first-order valence-electron chi connectivity index (χ1n) is 11.3. The molecule has 0 saturated carbocycles. The van der Waals surface area contributed by atoms with E-state index in [-0.39, 0.29) is 29.8 Å². The molecule has 0 spiro atoms. The maximum absolute atomic E-state index is 13.7. The molecule has 2 amide bonds. The number of piperidine rings is 3. The van der Waals surface area contributed by atoms with Crippen molar-refractivity contribution in [3.8, 4) is 0 Å². The van der Waals surface area contributed by atoms with Gasteiger partial charge in [-0.05, 0) is 30.7 Å². The van der Waals surface area contributed by atoms with Crippen LogP contribution in [0, 0.1) is 11.8 Å². The van der Waals surface area contributed by atoms with Gasteiger partial charge in [-0.3, -0.25) is 19.5 Å². The highest BCUT2D eigenvalue weighted by molar-refractivity contribution is 7.09. The highest BCUT2D eigenvalue weighted by Gasteiger charge is 2.52. The molecule has 5 rings (SSSR count). The molecule has 7 heteroatoms. The van der Waals surface area contributed by atoms with E-state index in [0.29, 0.717) is 18.9 Å². The number of rotatable bonds is 5. The molecule has 3 saturated heterocycles. The van der Waals surface area contributed by atoms with Crippen molar-refractivity contribution in [2.75, 3.05) is 20.1 Å². The van der Waals surface area contributed by atoms with Gasteiger partial charge >= 0.3 is 0 Å². The lowest BCUT2D eigenvalue weighted by molar-refractivity contribution is -0.165. The molecule has 2 bridgehead atoms. The molecular formula is C24H30N4O2S. The number of thiazole rings is 1. The number of benzene rings is 1. The monoisotopic (exact) mass is 438 g/mol. The average Bonchev–Trinajstić information content (AvgIpc) is 3.28. The maximum Gasteiger partial charge on any atom is 0.245 e. The fraction of sp³-hybridized carbons (Fsp3) is 0.542. The van der Waals surface area contributed by atoms with E-state index in [1.165, 1.54) is 4.88 Å². The molecule has 3 fully saturated rings. The van der Waals surface area contributed by atoms with Gasteiger partial charge in [-0.2, -0.15) is 0 Å². The quantitative estimate of drug-likeness (QED) is 0.720. The molecule has 31 heavy (non-hydrogen) atoms. The first kappa shape index (κ1) is 20.6. The summed E-state index contributed by atoms with van der Waals surface area (Å²) in [7, 11) is 1.88. The second-order valence-corrected chi connectivity index (χ2v) is 10.3. The largest absolute Gasteiger partial charge is 0.340 e. The first-order chi connectivity index (χ1) is 15.1. The van der Waals surface area contributed by atoms with Crippen LogP contribution in [-0.2, 0) is 22.7 Å². The van der Waals surface area contributed by atoms with Gasteiger partial charge in [-0.1, -0.05) is 30.3 Å². The Balaban J connectivity index is 1.39. The van der Waals surface area contributed by atoms with Gasteiger partial charge in [0.2, 0.25) is 11.8 Å². The van der Waals surface area contributed by atoms with Gasteiger partial charge in [-0.15, -0.1) is 11.3 Å². The average molecular weight is 439 g/mol. The SMILES string of the molecule is CN(Cc1ccccc1)C(=O)[C@H]1[C@@H]2C[C@@H](CN(Cc3cncs3)C2)[C@@H]2CCCC(=O)N21. The van der Waals surface area contributed by atoms with E-state index in [1.807, 2.05) is 58.9 Å². The molecule has 1 aromatic carbocycles. The van der Waals surface area contributed by atoms with E-state index in [2.05, 4.69) is 9.88 Å². The molecule has 4 heterocycles. The molecule has 0 radical (unpaired) electrons. The summed E-state index contributed by atoms with van der Waals surface area (Å²) in [5.41, 5.74) is 3.00. The van der Waals surface area contributed by atoms with Crippen LogP contribution in [-0.4, -0.2) is 63.7 Å². The van der Waals surface area contributed by atoms with Crippen LogP contribution >= 0.6 is 11.3 Å². The lowest BCUT2D eigenvalue weighted by atomic mass is 9.71. The molecule has 164 valence electrons. The summed E-state index contributed by atoms with van der Waals surface area (Å²) in [4.78, 5) is 38.6. The number of aromatic nitrogens is 1. The van der Waals surface area contributed by atoms with Gasteiger partial charge in [0.15, 0.2) is 0 Å². The van der Waals surface area contributed by atoms with E-state index in [0.717, 1.165) is 44.5 Å². The van der Waals surface area contributed by atoms with Crippen LogP contribution in [0.5, 0.6) is 0 Å². The summed E-state index contributed by atoms with van der Waals surface area (Å²) in [6.45, 7) is 3.33. The number of carbonyl (C=O) groups is 2. The van der Waals surface area contributed by atoms with E-state index < -0.39 is 0 Å². The van der Waals surface area contributed by atoms with Crippen molar-refractivity contribution in [1.82, 2.24) is 19.7 Å². The minimum absolute atomic E-state index is 0.0900. The Hall–Kier alpha value is -2.25. The van der Waals surface area contributed by atoms with Crippen molar-refractivity contribution in [1.29, 1.82) is 0 Å². The summed E-state index contributed by atoms with van der Waals surface area (Å²) in [6, 6.07) is 9.94. The number of nitrogens with zero attached hydrogens (tertiary/aromatic N) is 4. The van der Waals surface area contributed by atoms with Crippen LogP contribution in [0.3, 0.4) is 0 Å². The van der Waals surface area contributed by atoms with Crippen molar-refractivity contribution >= 4 is 23.2 Å². The van der Waals surface area contributed by atoms with Gasteiger partial charge in [0.25, 0.3) is 0 Å². The molecule has 3 aliphatic rings. The Bertz CT molecular complexity index is 919. The zero-order chi connectivity index (χ0) is 21.4. The number of likely N-dealkylation sites (N-methyl/N-ethyl adjacent to an activating group) is 1. The molecule has 0 unspecified atom stereocenters. The number of hydrogen-bond acceptors (Lipinski definition) is 5. The normalized spacial score (nSPS) is 28.3. The fourth-order valence-corrected chi connectivity index (χ4v) is 6.54. The highest BCUT2D eigenvalue weighted by Crippen LogP contribution is 2.42. The lowest BCUT2D eigenvalue weighted by Crippen LogP contribution is -2.68. The fourth-order valence-electron chi connectivity index (χ4n) is 5.90. The Labute approximate surface area is 187 Å². The third-order valence-electron chi connectivity index (χ3n) is 7.17. The lowest BCUT2D eigenvalue weighted by Gasteiger charge is -2.56. The Morgan fingerprint density at radius 2 is 2.03 bits per heavy atom. The van der Waals surface area contributed by atoms with Crippen LogP contribution in [0.25, 0.3) is 0 Å². The topological polar surface area (TPSA) is 56.8 Å². The van der Waals surface area contributed by atoms with Crippen molar-refractivity contribution in [2.24, 2.45) is 11.8 Å². The first-order valence-corrected chi connectivity index (χ1v) is 12.2. The predicted octanol–water partition coefficient (Wildman–Crippen LogP) is 3.00. The second kappa shape index (κ2) is 8.71. The molecule has 1 aromatic heterocycles. The summed E-state index contributed by atoms with van der Waals surface area (Å²) >= 11 is 1.69. The number of fused-ring (bicyclic) bond motifs is 4. The summed E-state index contributed by atoms with van der Waals surface area (Å²) in [5, 5.41) is 0. The van der Waals surface area contributed by atoms with E-state index in [1.54, 1.807) is 11.3 Å². The van der Waals surface area contributed by atoms with Gasteiger partial charge in [0.05, 0.1) is 5.51 Å². The predicted molar refractivity (Wildman–Crippen MR) is 120 cm³/mol. The van der Waals surface area contributed by atoms with E-state index in [4.69, 9.17) is 0 Å². The number of hydrogen-bond donors (Lipinski definition) is 0. The van der Waals surface area contributed by atoms with Crippen molar-refractivity contribution in [3.63, 3.8) is 0 Å². The Kier molecular flexibility index (Phi) is 5.80. The molecule has 6 nitrogen and oxygen atoms in total. The summed E-state index contributed by atoms with van der Waals surface area (Å²) in [5.74, 6) is 0.913. The van der Waals surface area contributed by atoms with Crippen LogP contribution in [0.1, 0.15) is 36.1 Å². The minimum Gasteiger partial charge on any atom is -0.340 e. The van der Waals surface area contributed by atoms with Gasteiger partial charge in [0.1, 0.15) is 6.04 Å². The van der Waals surface area contributed by atoms with Crippen molar-refractivity contribution in [2.45, 2.75) is 50.9 Å². The molecule has 3 aliphatic heterocycles. The summed E-state index contributed by atoms with van der Waals surface area (Å²) < 4.78 is 0. The Morgan fingerprint density at radius 3 is 2.81 bits per heavy atom. The van der Waals surface area contributed by atoms with E-state index >= 15 is 0 Å². The molecule has 4 atom stereocenters. The smallest absolute Gasteiger partial charge is 0.245 e. The standard InChI is InChI=1S/C24H30N4O2S/c1-26(12-17-6-3-2-4-7-17)24(30)23-19-10-18(21-8-5-9-22(29)28(21)23)13-27(14-19)15-20-11-25-16-31-20/h2-4,6-7,11,16,18-19,21,23H,5,8-10,12-15H2,1H3/t18-,19+,21-,23+/m0/s1. The molecular weight excluding hydrogens is 408 g/mol. The van der Waals surface area contributed by atoms with Crippen LogP contribution in [0.2, 0.25) is 0 Å². The number of carbonyl (C=O) groups excluding carboxylic acids is 2. The van der Waals surface area contributed by atoms with Gasteiger partial charge in [0, 0.05) is 62.7 Å². The number of likely N-dealkylation sites (tertiary alicyclic amines) is 1. The minimum atomic E-state index is -0.341. The Morgan fingerprint density at radius 1 is 1.23 bits per heavy atom. The van der Waals surface area contributed by atoms with Crippen LogP contribution in [0.15, 0.2) is 42.0 Å². The second-order valence-electron chi connectivity index (χ2n) is 9.30. The van der Waals surface area contributed by atoms with Gasteiger partial charge in [-0.25, -0.2) is 0 Å². The third-order valence-corrected chi connectivity index (χ3v) is 7.94. The molecule has 2 aromatic rings. The van der Waals surface area contributed by atoms with Crippen LogP contribution in [0.4, 0.5) is 0 Å². The highest BCUT2D eigenvalue weighted by atomic mass is 32.1. The summed E-state index contributed by atoms with van der Waals surface area (Å²) in [6.07, 6.45) is 5.53.